The number of aryl methyl sites for hydroxylation is 1. The van der Waals surface area contributed by atoms with Gasteiger partial charge in [0.1, 0.15) is 5.75 Å². The van der Waals surface area contributed by atoms with E-state index >= 15 is 0 Å². The lowest BCUT2D eigenvalue weighted by Crippen LogP contribution is -2.25. The molecule has 0 atom stereocenters. The number of hydrogen-bond acceptors (Lipinski definition) is 7. The van der Waals surface area contributed by atoms with Gasteiger partial charge in [0.05, 0.1) is 6.61 Å². The summed E-state index contributed by atoms with van der Waals surface area (Å²) in [5, 5.41) is 10.1. The minimum absolute atomic E-state index is 0.164. The maximum Gasteiger partial charge on any atom is 0.269 e. The maximum absolute atomic E-state index is 12.3. The Kier molecular flexibility index (Phi) is 7.69. The Labute approximate surface area is 163 Å². The number of carbonyl (C=O) groups is 1. The summed E-state index contributed by atoms with van der Waals surface area (Å²) in [5.41, 5.74) is 1.10. The predicted molar refractivity (Wildman–Crippen MR) is 104 cm³/mol. The lowest BCUT2D eigenvalue weighted by atomic mass is 10.1. The molecule has 1 amide bonds. The zero-order valence-electron chi connectivity index (χ0n) is 15.6. The van der Waals surface area contributed by atoms with Gasteiger partial charge in [-0.2, -0.15) is 0 Å². The second kappa shape index (κ2) is 9.77. The molecule has 0 bridgehead atoms. The molecule has 27 heavy (non-hydrogen) atoms. The molecular formula is C17H24N4O4S2. The van der Waals surface area contributed by atoms with Gasteiger partial charge in [-0.25, -0.2) is 13.1 Å². The fourth-order valence-electron chi connectivity index (χ4n) is 2.10. The Bertz CT molecular complexity index is 848. The van der Waals surface area contributed by atoms with Gasteiger partial charge in [-0.3, -0.25) is 4.79 Å². The van der Waals surface area contributed by atoms with Crippen molar-refractivity contribution in [3.05, 3.63) is 29.8 Å². The molecule has 148 valence electrons. The van der Waals surface area contributed by atoms with E-state index in [0.29, 0.717) is 13.0 Å². The topological polar surface area (TPSA) is 110 Å². The van der Waals surface area contributed by atoms with Gasteiger partial charge in [0.15, 0.2) is 0 Å². The van der Waals surface area contributed by atoms with Gasteiger partial charge in [-0.15, -0.1) is 10.2 Å². The molecule has 0 aliphatic rings. The van der Waals surface area contributed by atoms with Crippen molar-refractivity contribution in [2.75, 3.05) is 18.5 Å². The SMILES string of the molecule is CCOc1ccc(CCCNS(=O)(=O)c2nnc(NC(=O)C(C)C)s2)cc1. The molecule has 0 spiro atoms. The second-order valence-corrected chi connectivity index (χ2v) is 9.01. The number of aromatic nitrogens is 2. The molecule has 2 N–H and O–H groups in total. The summed E-state index contributed by atoms with van der Waals surface area (Å²) in [6.45, 7) is 6.30. The number of rotatable bonds is 10. The highest BCUT2D eigenvalue weighted by Crippen LogP contribution is 2.20. The summed E-state index contributed by atoms with van der Waals surface area (Å²) in [6.07, 6.45) is 1.38. The number of amides is 1. The van der Waals surface area contributed by atoms with Crippen molar-refractivity contribution in [1.82, 2.24) is 14.9 Å². The van der Waals surface area contributed by atoms with Gasteiger partial charge in [-0.1, -0.05) is 37.3 Å². The molecule has 0 saturated carbocycles. The summed E-state index contributed by atoms with van der Waals surface area (Å²) >= 11 is 0.828. The Morgan fingerprint density at radius 3 is 2.56 bits per heavy atom. The third-order valence-corrected chi connectivity index (χ3v) is 6.23. The molecule has 0 unspecified atom stereocenters. The van der Waals surface area contributed by atoms with E-state index in [1.165, 1.54) is 0 Å². The fraction of sp³-hybridized carbons (Fsp3) is 0.471. The van der Waals surface area contributed by atoms with Crippen molar-refractivity contribution >= 4 is 32.4 Å². The fourth-order valence-corrected chi connectivity index (χ4v) is 4.12. The zero-order valence-corrected chi connectivity index (χ0v) is 17.2. The Balaban J connectivity index is 1.82. The Hall–Kier alpha value is -2.04. The van der Waals surface area contributed by atoms with E-state index in [1.54, 1.807) is 13.8 Å². The van der Waals surface area contributed by atoms with Crippen molar-refractivity contribution in [3.63, 3.8) is 0 Å². The highest BCUT2D eigenvalue weighted by molar-refractivity contribution is 7.91. The van der Waals surface area contributed by atoms with Crippen LogP contribution < -0.4 is 14.8 Å². The standard InChI is InChI=1S/C17H24N4O4S2/c1-4-25-14-9-7-13(8-10-14)6-5-11-18-27(23,24)17-21-20-16(26-17)19-15(22)12(2)3/h7-10,12,18H,4-6,11H2,1-3H3,(H,19,20,22). The van der Waals surface area contributed by atoms with Crippen LogP contribution in [0.25, 0.3) is 0 Å². The third kappa shape index (κ3) is 6.56. The normalized spacial score (nSPS) is 11.6. The Morgan fingerprint density at radius 2 is 1.93 bits per heavy atom. The first-order valence-corrected chi connectivity index (χ1v) is 11.0. The van der Waals surface area contributed by atoms with E-state index < -0.39 is 10.0 Å². The van der Waals surface area contributed by atoms with Crippen LogP contribution in [0.2, 0.25) is 0 Å². The molecule has 0 fully saturated rings. The molecule has 2 rings (SSSR count). The lowest BCUT2D eigenvalue weighted by molar-refractivity contribution is -0.118. The first-order chi connectivity index (χ1) is 12.8. The van der Waals surface area contributed by atoms with Crippen LogP contribution >= 0.6 is 11.3 Å². The summed E-state index contributed by atoms with van der Waals surface area (Å²) in [4.78, 5) is 11.6. The molecule has 1 heterocycles. The number of hydrogen-bond donors (Lipinski definition) is 2. The third-order valence-electron chi connectivity index (χ3n) is 3.56. The smallest absolute Gasteiger partial charge is 0.269 e. The van der Waals surface area contributed by atoms with Crippen molar-refractivity contribution in [3.8, 4) is 5.75 Å². The molecule has 0 aliphatic carbocycles. The van der Waals surface area contributed by atoms with Gasteiger partial charge in [-0.05, 0) is 37.5 Å². The van der Waals surface area contributed by atoms with E-state index in [9.17, 15) is 13.2 Å². The van der Waals surface area contributed by atoms with Gasteiger partial charge in [0, 0.05) is 12.5 Å². The second-order valence-electron chi connectivity index (χ2n) is 6.10. The highest BCUT2D eigenvalue weighted by atomic mass is 32.2. The molecule has 10 heteroatoms. The number of nitrogens with zero attached hydrogens (tertiary/aromatic N) is 2. The number of sulfonamides is 1. The molecule has 1 aromatic carbocycles. The maximum atomic E-state index is 12.3. The number of anilines is 1. The van der Waals surface area contributed by atoms with E-state index in [0.717, 1.165) is 29.1 Å². The summed E-state index contributed by atoms with van der Waals surface area (Å²) < 4.78 is 32.3. The van der Waals surface area contributed by atoms with Crippen LogP contribution in [-0.2, 0) is 21.2 Å². The Morgan fingerprint density at radius 1 is 1.22 bits per heavy atom. The highest BCUT2D eigenvalue weighted by Gasteiger charge is 2.20. The predicted octanol–water partition coefficient (Wildman–Crippen LogP) is 2.44. The van der Waals surface area contributed by atoms with Crippen LogP contribution in [0.3, 0.4) is 0 Å². The number of benzene rings is 1. The van der Waals surface area contributed by atoms with Gasteiger partial charge >= 0.3 is 0 Å². The molecule has 1 aromatic heterocycles. The van der Waals surface area contributed by atoms with Crippen LogP contribution in [0.15, 0.2) is 28.6 Å². The number of ether oxygens (including phenoxy) is 1. The first-order valence-electron chi connectivity index (χ1n) is 8.67. The molecule has 0 aliphatic heterocycles. The van der Waals surface area contributed by atoms with Crippen molar-refractivity contribution in [2.45, 2.75) is 38.0 Å². The van der Waals surface area contributed by atoms with Crippen molar-refractivity contribution in [2.24, 2.45) is 5.92 Å². The van der Waals surface area contributed by atoms with E-state index in [-0.39, 0.29) is 27.8 Å². The number of nitrogens with one attached hydrogen (secondary N) is 2. The monoisotopic (exact) mass is 412 g/mol. The van der Waals surface area contributed by atoms with Crippen molar-refractivity contribution < 1.29 is 17.9 Å². The minimum atomic E-state index is -3.74. The quantitative estimate of drug-likeness (QED) is 0.458. The summed E-state index contributed by atoms with van der Waals surface area (Å²) in [7, 11) is -3.74. The molecule has 8 nitrogen and oxygen atoms in total. The summed E-state index contributed by atoms with van der Waals surface area (Å²) in [5.74, 6) is 0.353. The van der Waals surface area contributed by atoms with E-state index in [1.807, 2.05) is 31.2 Å². The van der Waals surface area contributed by atoms with Crippen LogP contribution in [0, 0.1) is 5.92 Å². The van der Waals surface area contributed by atoms with Gasteiger partial charge in [0.2, 0.25) is 15.4 Å². The molecule has 0 saturated heterocycles. The molecule has 2 aromatic rings. The largest absolute Gasteiger partial charge is 0.494 e. The zero-order chi connectivity index (χ0) is 19.9. The van der Waals surface area contributed by atoms with Crippen LogP contribution in [0.1, 0.15) is 32.8 Å². The van der Waals surface area contributed by atoms with E-state index in [2.05, 4.69) is 20.2 Å². The first kappa shape index (κ1) is 21.3. The summed E-state index contributed by atoms with van der Waals surface area (Å²) in [6, 6.07) is 7.73. The van der Waals surface area contributed by atoms with Crippen molar-refractivity contribution in [1.29, 1.82) is 0 Å². The molecule has 0 radical (unpaired) electrons. The van der Waals surface area contributed by atoms with E-state index in [4.69, 9.17) is 4.74 Å². The van der Waals surface area contributed by atoms with Gasteiger partial charge in [0.25, 0.3) is 10.0 Å². The van der Waals surface area contributed by atoms with Crippen LogP contribution in [0.5, 0.6) is 5.75 Å². The van der Waals surface area contributed by atoms with Gasteiger partial charge < -0.3 is 10.1 Å². The number of carbonyl (C=O) groups excluding carboxylic acids is 1. The lowest BCUT2D eigenvalue weighted by Gasteiger charge is -2.06. The average Bonchev–Trinajstić information content (AvgIpc) is 3.10. The average molecular weight is 413 g/mol. The minimum Gasteiger partial charge on any atom is -0.494 e. The van der Waals surface area contributed by atoms with Crippen LogP contribution in [-0.4, -0.2) is 37.7 Å². The van der Waals surface area contributed by atoms with Crippen LogP contribution in [0.4, 0.5) is 5.13 Å². The molecular weight excluding hydrogens is 388 g/mol.